The van der Waals surface area contributed by atoms with Crippen molar-refractivity contribution in [3.8, 4) is 67.0 Å². The number of rotatable bonds is 7. The van der Waals surface area contributed by atoms with Crippen molar-refractivity contribution in [1.29, 1.82) is 0 Å². The SMILES string of the molecule is c1ccc(-c2cccc(-c3ccc4c(c3)c3cc(-c5ccccc5-c5ccccc5-c5ccc6c(c5)c5ccccc5n6-c5ccccc5)ccc3n4-c3ccccc3)c2)cc1. The van der Waals surface area contributed by atoms with E-state index in [1.807, 2.05) is 0 Å². The zero-order valence-electron chi connectivity index (χ0n) is 34.0. The number of hydrogen-bond acceptors (Lipinski definition) is 0. The Morgan fingerprint density at radius 1 is 0.194 bits per heavy atom. The van der Waals surface area contributed by atoms with Crippen LogP contribution in [0.4, 0.5) is 0 Å². The van der Waals surface area contributed by atoms with Crippen LogP contribution >= 0.6 is 0 Å². The van der Waals surface area contributed by atoms with Crippen molar-refractivity contribution >= 4 is 43.6 Å². The first-order chi connectivity index (χ1) is 30.8. The average molecular weight is 789 g/mol. The lowest BCUT2D eigenvalue weighted by Crippen LogP contribution is -1.93. The molecule has 0 atom stereocenters. The summed E-state index contributed by atoms with van der Waals surface area (Å²) in [5, 5.41) is 4.96. The average Bonchev–Trinajstić information content (AvgIpc) is 3.86. The van der Waals surface area contributed by atoms with Crippen LogP contribution in [0.3, 0.4) is 0 Å². The minimum Gasteiger partial charge on any atom is -0.309 e. The van der Waals surface area contributed by atoms with Gasteiger partial charge in [0.05, 0.1) is 22.1 Å². The maximum atomic E-state index is 2.41. The lowest BCUT2D eigenvalue weighted by atomic mass is 9.88. The molecule has 0 aliphatic carbocycles. The predicted molar refractivity (Wildman–Crippen MR) is 262 cm³/mol. The zero-order chi connectivity index (χ0) is 41.0. The molecule has 0 aliphatic heterocycles. The number of para-hydroxylation sites is 3. The molecule has 2 aromatic heterocycles. The van der Waals surface area contributed by atoms with Gasteiger partial charge in [-0.15, -0.1) is 0 Å². The molecule has 0 bridgehead atoms. The van der Waals surface area contributed by atoms with Gasteiger partial charge in [-0.05, 0) is 128 Å². The first kappa shape index (κ1) is 35.7. The molecule has 12 aromatic rings. The Labute approximate surface area is 360 Å². The van der Waals surface area contributed by atoms with Gasteiger partial charge in [0.25, 0.3) is 0 Å². The Morgan fingerprint density at radius 2 is 0.548 bits per heavy atom. The van der Waals surface area contributed by atoms with Crippen LogP contribution in [0.5, 0.6) is 0 Å². The van der Waals surface area contributed by atoms with E-state index in [4.69, 9.17) is 0 Å². The summed E-state index contributed by atoms with van der Waals surface area (Å²) in [6, 6.07) is 88.4. The second kappa shape index (κ2) is 14.8. The third-order valence-corrected chi connectivity index (χ3v) is 12.5. The van der Waals surface area contributed by atoms with Crippen molar-refractivity contribution in [2.75, 3.05) is 0 Å². The fourth-order valence-corrected chi connectivity index (χ4v) is 9.67. The minimum absolute atomic E-state index is 1.15. The Bertz CT molecular complexity index is 3610. The monoisotopic (exact) mass is 788 g/mol. The van der Waals surface area contributed by atoms with Crippen molar-refractivity contribution in [3.63, 3.8) is 0 Å². The number of benzene rings is 10. The summed E-state index contributed by atoms with van der Waals surface area (Å²) in [4.78, 5) is 0. The Hall–Kier alpha value is -8.20. The van der Waals surface area contributed by atoms with Crippen LogP contribution in [-0.2, 0) is 0 Å². The summed E-state index contributed by atoms with van der Waals surface area (Å²) in [5.74, 6) is 0. The molecule has 0 amide bonds. The maximum absolute atomic E-state index is 2.41. The van der Waals surface area contributed by atoms with Gasteiger partial charge in [-0.25, -0.2) is 0 Å². The van der Waals surface area contributed by atoms with Gasteiger partial charge in [-0.3, -0.25) is 0 Å². The molecule has 290 valence electrons. The van der Waals surface area contributed by atoms with Crippen molar-refractivity contribution in [1.82, 2.24) is 9.13 Å². The van der Waals surface area contributed by atoms with Crippen LogP contribution in [0.1, 0.15) is 0 Å². The third kappa shape index (κ3) is 5.96. The second-order valence-corrected chi connectivity index (χ2v) is 16.1. The summed E-state index contributed by atoms with van der Waals surface area (Å²) in [7, 11) is 0. The van der Waals surface area contributed by atoms with Gasteiger partial charge in [-0.1, -0.05) is 170 Å². The van der Waals surface area contributed by atoms with E-state index < -0.39 is 0 Å². The highest BCUT2D eigenvalue weighted by molar-refractivity contribution is 6.13. The van der Waals surface area contributed by atoms with Gasteiger partial charge >= 0.3 is 0 Å². The van der Waals surface area contributed by atoms with E-state index in [9.17, 15) is 0 Å². The Kier molecular flexibility index (Phi) is 8.53. The molecule has 10 aromatic carbocycles. The Balaban J connectivity index is 1.01. The van der Waals surface area contributed by atoms with Crippen molar-refractivity contribution < 1.29 is 0 Å². The molecule has 2 heterocycles. The fraction of sp³-hybridized carbons (Fsp3) is 0. The summed E-state index contributed by atoms with van der Waals surface area (Å²) >= 11 is 0. The van der Waals surface area contributed by atoms with Gasteiger partial charge in [0.2, 0.25) is 0 Å². The largest absolute Gasteiger partial charge is 0.309 e. The standard InChI is InChI=1S/C60H40N2/c1-4-17-41(18-5-1)42-19-16-20-43(37-42)44-31-34-59-55(38-44)56-40-46(33-36-60(56)62(59)48-23-8-3-9-24-48)50-26-11-13-28-52(50)51-27-12-10-25-49(51)45-32-35-58-54(39-45)53-29-14-15-30-57(53)61(58)47-21-6-2-7-22-47/h1-40H. The number of fused-ring (bicyclic) bond motifs is 6. The smallest absolute Gasteiger partial charge is 0.0541 e. The quantitative estimate of drug-likeness (QED) is 0.152. The fourth-order valence-electron chi connectivity index (χ4n) is 9.67. The molecular formula is C60H40N2. The lowest BCUT2D eigenvalue weighted by Gasteiger charge is -2.15. The van der Waals surface area contributed by atoms with Crippen molar-refractivity contribution in [3.05, 3.63) is 243 Å². The van der Waals surface area contributed by atoms with Gasteiger partial charge in [0, 0.05) is 32.9 Å². The summed E-state index contributed by atoms with van der Waals surface area (Å²) < 4.78 is 4.79. The molecule has 2 heteroatoms. The lowest BCUT2D eigenvalue weighted by molar-refractivity contribution is 1.18. The topological polar surface area (TPSA) is 9.86 Å². The number of hydrogen-bond donors (Lipinski definition) is 0. The molecule has 0 unspecified atom stereocenters. The van der Waals surface area contributed by atoms with Crippen molar-refractivity contribution in [2.24, 2.45) is 0 Å². The highest BCUT2D eigenvalue weighted by atomic mass is 15.0. The van der Waals surface area contributed by atoms with E-state index in [0.717, 1.165) is 11.4 Å². The van der Waals surface area contributed by atoms with Gasteiger partial charge < -0.3 is 9.13 Å². The van der Waals surface area contributed by atoms with E-state index in [2.05, 4.69) is 252 Å². The van der Waals surface area contributed by atoms with E-state index >= 15 is 0 Å². The van der Waals surface area contributed by atoms with Crippen LogP contribution in [-0.4, -0.2) is 9.13 Å². The Morgan fingerprint density at radius 3 is 1.10 bits per heavy atom. The third-order valence-electron chi connectivity index (χ3n) is 12.5. The minimum atomic E-state index is 1.15. The van der Waals surface area contributed by atoms with E-state index in [0.29, 0.717) is 0 Å². The molecule has 0 spiro atoms. The summed E-state index contributed by atoms with van der Waals surface area (Å²) in [6.45, 7) is 0. The van der Waals surface area contributed by atoms with Crippen LogP contribution in [0.2, 0.25) is 0 Å². The molecule has 12 rings (SSSR count). The summed E-state index contributed by atoms with van der Waals surface area (Å²) in [6.07, 6.45) is 0. The first-order valence-corrected chi connectivity index (χ1v) is 21.3. The normalized spacial score (nSPS) is 11.5. The van der Waals surface area contributed by atoms with Gasteiger partial charge in [0.1, 0.15) is 0 Å². The molecule has 0 aliphatic rings. The second-order valence-electron chi connectivity index (χ2n) is 16.1. The molecular weight excluding hydrogens is 749 g/mol. The zero-order valence-corrected chi connectivity index (χ0v) is 34.0. The molecule has 62 heavy (non-hydrogen) atoms. The molecule has 0 saturated carbocycles. The van der Waals surface area contributed by atoms with Crippen LogP contribution in [0.25, 0.3) is 111 Å². The number of nitrogens with zero attached hydrogens (tertiary/aromatic N) is 2. The molecule has 0 saturated heterocycles. The number of aromatic nitrogens is 2. The maximum Gasteiger partial charge on any atom is 0.0541 e. The van der Waals surface area contributed by atoms with Crippen LogP contribution in [0.15, 0.2) is 243 Å². The van der Waals surface area contributed by atoms with Crippen molar-refractivity contribution in [2.45, 2.75) is 0 Å². The highest BCUT2D eigenvalue weighted by Gasteiger charge is 2.19. The van der Waals surface area contributed by atoms with E-state index in [-0.39, 0.29) is 0 Å². The van der Waals surface area contributed by atoms with Crippen LogP contribution < -0.4 is 0 Å². The predicted octanol–water partition coefficient (Wildman–Crippen LogP) is 16.2. The molecule has 0 fully saturated rings. The van der Waals surface area contributed by atoms with Gasteiger partial charge in [-0.2, -0.15) is 0 Å². The highest BCUT2D eigenvalue weighted by Crippen LogP contribution is 2.43. The van der Waals surface area contributed by atoms with E-state index in [1.54, 1.807) is 0 Å². The molecule has 0 radical (unpaired) electrons. The molecule has 0 N–H and O–H groups in total. The molecule has 2 nitrogen and oxygen atoms in total. The van der Waals surface area contributed by atoms with E-state index in [1.165, 1.54) is 99.2 Å². The first-order valence-electron chi connectivity index (χ1n) is 21.3. The van der Waals surface area contributed by atoms with Gasteiger partial charge in [0.15, 0.2) is 0 Å². The summed E-state index contributed by atoms with van der Waals surface area (Å²) in [5.41, 5.74) is 19.2. The van der Waals surface area contributed by atoms with Crippen LogP contribution in [0, 0.1) is 0 Å².